The molecule has 0 saturated carbocycles. The van der Waals surface area contributed by atoms with Gasteiger partial charge in [-0.1, -0.05) is 30.3 Å². The summed E-state index contributed by atoms with van der Waals surface area (Å²) in [5.74, 6) is -1.15. The van der Waals surface area contributed by atoms with Crippen molar-refractivity contribution in [3.8, 4) is 0 Å². The quantitative estimate of drug-likeness (QED) is 0.742. The van der Waals surface area contributed by atoms with Gasteiger partial charge in [0.15, 0.2) is 0 Å². The van der Waals surface area contributed by atoms with Gasteiger partial charge in [0.25, 0.3) is 0 Å². The predicted octanol–water partition coefficient (Wildman–Crippen LogP) is 2.42. The van der Waals surface area contributed by atoms with Crippen LogP contribution >= 0.6 is 0 Å². The largest absolute Gasteiger partial charge is 0.478 e. The van der Waals surface area contributed by atoms with Crippen molar-refractivity contribution in [3.63, 3.8) is 0 Å². The van der Waals surface area contributed by atoms with Gasteiger partial charge in [-0.2, -0.15) is 5.10 Å². The molecule has 1 amide bonds. The lowest BCUT2D eigenvalue weighted by atomic mass is 9.97. The summed E-state index contributed by atoms with van der Waals surface area (Å²) in [5.41, 5.74) is 1.79. The molecule has 0 radical (unpaired) electrons. The number of rotatable bonds is 7. The number of hydrogen-bond donors (Lipinski definition) is 2. The van der Waals surface area contributed by atoms with Gasteiger partial charge in [0.05, 0.1) is 24.5 Å². The Bertz CT molecular complexity index is 744. The molecular weight excluding hydrogens is 334 g/mol. The molecule has 1 aromatic carbocycles. The number of aromatic carboxylic acids is 1. The highest BCUT2D eigenvalue weighted by Crippen LogP contribution is 2.31. The van der Waals surface area contributed by atoms with E-state index in [9.17, 15) is 14.7 Å². The number of H-pyrrole nitrogens is 1. The number of amides is 1. The number of carboxylic acids is 1. The summed E-state index contributed by atoms with van der Waals surface area (Å²) >= 11 is 0. The SMILES string of the molecule is O=C(O)c1cn[nH]c1C1CCCCN1C(=O)COCCc1ccccc1. The maximum atomic E-state index is 12.6. The molecule has 3 rings (SSSR count). The van der Waals surface area contributed by atoms with Gasteiger partial charge in [-0.25, -0.2) is 4.79 Å². The first kappa shape index (κ1) is 18.1. The summed E-state index contributed by atoms with van der Waals surface area (Å²) in [6.07, 6.45) is 4.62. The average Bonchev–Trinajstić information content (AvgIpc) is 3.16. The molecule has 7 heteroatoms. The number of benzene rings is 1. The number of carbonyl (C=O) groups excluding carboxylic acids is 1. The summed E-state index contributed by atoms with van der Waals surface area (Å²) in [7, 11) is 0. The predicted molar refractivity (Wildman–Crippen MR) is 94.8 cm³/mol. The number of carboxylic acid groups (broad SMARTS) is 1. The standard InChI is InChI=1S/C19H23N3O4/c23-17(13-26-11-9-14-6-2-1-3-7-14)22-10-5-4-8-16(22)18-15(19(24)25)12-20-21-18/h1-3,6-7,12,16H,4-5,8-11,13H2,(H,20,21)(H,24,25). The molecule has 1 saturated heterocycles. The van der Waals surface area contributed by atoms with Crippen molar-refractivity contribution in [1.29, 1.82) is 0 Å². The van der Waals surface area contributed by atoms with Crippen LogP contribution < -0.4 is 0 Å². The van der Waals surface area contributed by atoms with E-state index in [-0.39, 0.29) is 24.1 Å². The van der Waals surface area contributed by atoms with Crippen molar-refractivity contribution in [1.82, 2.24) is 15.1 Å². The minimum absolute atomic E-state index is 0.000124. The van der Waals surface area contributed by atoms with E-state index in [2.05, 4.69) is 10.2 Å². The number of aromatic amines is 1. The van der Waals surface area contributed by atoms with Gasteiger partial charge in [-0.3, -0.25) is 9.89 Å². The molecular formula is C19H23N3O4. The van der Waals surface area contributed by atoms with Crippen molar-refractivity contribution in [2.24, 2.45) is 0 Å². The number of aromatic nitrogens is 2. The van der Waals surface area contributed by atoms with E-state index in [1.54, 1.807) is 4.90 Å². The third-order valence-electron chi connectivity index (χ3n) is 4.66. The first-order valence-corrected chi connectivity index (χ1v) is 8.84. The molecule has 2 aromatic rings. The molecule has 0 spiro atoms. The fourth-order valence-corrected chi connectivity index (χ4v) is 3.33. The third kappa shape index (κ3) is 4.29. The van der Waals surface area contributed by atoms with Gasteiger partial charge in [0.1, 0.15) is 12.2 Å². The van der Waals surface area contributed by atoms with E-state index in [0.717, 1.165) is 25.7 Å². The molecule has 2 heterocycles. The van der Waals surface area contributed by atoms with Crippen LogP contribution in [0.2, 0.25) is 0 Å². The highest BCUT2D eigenvalue weighted by Gasteiger charge is 2.32. The van der Waals surface area contributed by atoms with E-state index in [1.165, 1.54) is 11.8 Å². The molecule has 0 aliphatic carbocycles. The Balaban J connectivity index is 1.57. The fourth-order valence-electron chi connectivity index (χ4n) is 3.33. The Morgan fingerprint density at radius 2 is 2.08 bits per heavy atom. The van der Waals surface area contributed by atoms with Gasteiger partial charge < -0.3 is 14.7 Å². The van der Waals surface area contributed by atoms with Gasteiger partial charge in [-0.15, -0.1) is 0 Å². The fraction of sp³-hybridized carbons (Fsp3) is 0.421. The number of carbonyl (C=O) groups is 2. The van der Waals surface area contributed by atoms with E-state index >= 15 is 0 Å². The molecule has 2 N–H and O–H groups in total. The number of likely N-dealkylation sites (tertiary alicyclic amines) is 1. The van der Waals surface area contributed by atoms with Crippen LogP contribution in [0.5, 0.6) is 0 Å². The minimum atomic E-state index is -1.04. The topological polar surface area (TPSA) is 95.5 Å². The van der Waals surface area contributed by atoms with Crippen molar-refractivity contribution >= 4 is 11.9 Å². The Kier molecular flexibility index (Phi) is 6.01. The molecule has 1 fully saturated rings. The summed E-state index contributed by atoms with van der Waals surface area (Å²) in [4.78, 5) is 25.7. The highest BCUT2D eigenvalue weighted by molar-refractivity contribution is 5.89. The Labute approximate surface area is 152 Å². The summed E-state index contributed by atoms with van der Waals surface area (Å²) in [6, 6.07) is 9.68. The van der Waals surface area contributed by atoms with Crippen LogP contribution in [0.25, 0.3) is 0 Å². The smallest absolute Gasteiger partial charge is 0.339 e. The van der Waals surface area contributed by atoms with Crippen LogP contribution in [-0.2, 0) is 16.0 Å². The summed E-state index contributed by atoms with van der Waals surface area (Å²) in [6.45, 7) is 1.07. The maximum absolute atomic E-state index is 12.6. The minimum Gasteiger partial charge on any atom is -0.478 e. The first-order valence-electron chi connectivity index (χ1n) is 8.84. The lowest BCUT2D eigenvalue weighted by Gasteiger charge is -2.35. The second kappa shape index (κ2) is 8.62. The zero-order valence-electron chi connectivity index (χ0n) is 14.6. The van der Waals surface area contributed by atoms with Crippen molar-refractivity contribution in [2.75, 3.05) is 19.8 Å². The average molecular weight is 357 g/mol. The monoisotopic (exact) mass is 357 g/mol. The van der Waals surface area contributed by atoms with E-state index in [1.807, 2.05) is 30.3 Å². The molecule has 138 valence electrons. The summed E-state index contributed by atoms with van der Waals surface area (Å²) in [5, 5.41) is 15.9. The zero-order chi connectivity index (χ0) is 18.4. The third-order valence-corrected chi connectivity index (χ3v) is 4.66. The molecule has 1 aliphatic rings. The van der Waals surface area contributed by atoms with Crippen LogP contribution in [0.4, 0.5) is 0 Å². The molecule has 7 nitrogen and oxygen atoms in total. The van der Waals surface area contributed by atoms with Crippen molar-refractivity contribution in [2.45, 2.75) is 31.7 Å². The Hall–Kier alpha value is -2.67. The number of piperidine rings is 1. The molecule has 0 bridgehead atoms. The van der Waals surface area contributed by atoms with Gasteiger partial charge in [0, 0.05) is 6.54 Å². The molecule has 26 heavy (non-hydrogen) atoms. The lowest BCUT2D eigenvalue weighted by molar-refractivity contribution is -0.140. The zero-order valence-corrected chi connectivity index (χ0v) is 14.6. The molecule has 1 unspecified atom stereocenters. The first-order chi connectivity index (χ1) is 12.7. The summed E-state index contributed by atoms with van der Waals surface area (Å²) < 4.78 is 5.56. The normalized spacial score (nSPS) is 17.2. The van der Waals surface area contributed by atoms with Crippen molar-refractivity contribution in [3.05, 3.63) is 53.3 Å². The van der Waals surface area contributed by atoms with Gasteiger partial charge in [0.2, 0.25) is 5.91 Å². The lowest BCUT2D eigenvalue weighted by Crippen LogP contribution is -2.41. The van der Waals surface area contributed by atoms with Crippen LogP contribution in [0, 0.1) is 0 Å². The Morgan fingerprint density at radius 3 is 2.85 bits per heavy atom. The number of nitrogens with zero attached hydrogens (tertiary/aromatic N) is 2. The van der Waals surface area contributed by atoms with Crippen LogP contribution in [0.15, 0.2) is 36.5 Å². The number of hydrogen-bond acceptors (Lipinski definition) is 4. The highest BCUT2D eigenvalue weighted by atomic mass is 16.5. The maximum Gasteiger partial charge on any atom is 0.339 e. The van der Waals surface area contributed by atoms with E-state index in [0.29, 0.717) is 18.8 Å². The second-order valence-corrected chi connectivity index (χ2v) is 6.39. The molecule has 1 aromatic heterocycles. The van der Waals surface area contributed by atoms with Crippen LogP contribution in [0.3, 0.4) is 0 Å². The Morgan fingerprint density at radius 1 is 1.27 bits per heavy atom. The number of nitrogens with one attached hydrogen (secondary N) is 1. The van der Waals surface area contributed by atoms with Crippen LogP contribution in [-0.4, -0.2) is 51.8 Å². The van der Waals surface area contributed by atoms with E-state index in [4.69, 9.17) is 4.74 Å². The van der Waals surface area contributed by atoms with E-state index < -0.39 is 5.97 Å². The number of ether oxygens (including phenoxy) is 1. The molecule has 1 atom stereocenters. The van der Waals surface area contributed by atoms with Crippen LogP contribution in [0.1, 0.15) is 46.9 Å². The van der Waals surface area contributed by atoms with Gasteiger partial charge >= 0.3 is 5.97 Å². The second-order valence-electron chi connectivity index (χ2n) is 6.39. The molecule has 1 aliphatic heterocycles. The van der Waals surface area contributed by atoms with Crippen molar-refractivity contribution < 1.29 is 19.4 Å². The van der Waals surface area contributed by atoms with Gasteiger partial charge in [-0.05, 0) is 31.2 Å².